The van der Waals surface area contributed by atoms with Gasteiger partial charge in [0.1, 0.15) is 0 Å². The molecule has 2 unspecified atom stereocenters. The van der Waals surface area contributed by atoms with E-state index in [4.69, 9.17) is 5.11 Å². The Balaban J connectivity index is 2.84. The highest BCUT2D eigenvalue weighted by Gasteiger charge is 2.45. The Morgan fingerprint density at radius 3 is 2.23 bits per heavy atom. The number of carboxylic acid groups (broad SMARTS) is 1. The summed E-state index contributed by atoms with van der Waals surface area (Å²) in [5, 5.41) is 18.6. The van der Waals surface area contributed by atoms with Gasteiger partial charge < -0.3 is 10.2 Å². The van der Waals surface area contributed by atoms with Crippen molar-refractivity contribution in [2.24, 2.45) is 10.8 Å². The molecule has 0 heterocycles. The zero-order valence-corrected chi connectivity index (χ0v) is 8.50. The first-order valence-electron chi connectivity index (χ1n) is 4.67. The number of carbonyl (C=O) groups is 1. The fourth-order valence-electron chi connectivity index (χ4n) is 2.59. The molecule has 0 radical (unpaired) electrons. The normalized spacial score (nSPS) is 38.6. The molecule has 0 bridgehead atoms. The minimum atomic E-state index is -0.792. The lowest BCUT2D eigenvalue weighted by molar-refractivity contribution is -0.156. The molecule has 0 aromatic heterocycles. The van der Waals surface area contributed by atoms with Gasteiger partial charge in [-0.15, -0.1) is 0 Å². The molecule has 0 aromatic carbocycles. The first-order chi connectivity index (χ1) is 5.75. The van der Waals surface area contributed by atoms with Gasteiger partial charge in [-0.3, -0.25) is 4.79 Å². The van der Waals surface area contributed by atoms with E-state index in [1.807, 2.05) is 13.8 Å². The first kappa shape index (κ1) is 10.5. The molecule has 2 N–H and O–H groups in total. The van der Waals surface area contributed by atoms with Crippen LogP contribution in [0.1, 0.15) is 40.0 Å². The van der Waals surface area contributed by atoms with Gasteiger partial charge in [0.25, 0.3) is 0 Å². The van der Waals surface area contributed by atoms with Crippen LogP contribution in [0.5, 0.6) is 0 Å². The van der Waals surface area contributed by atoms with Crippen molar-refractivity contribution in [1.82, 2.24) is 0 Å². The Labute approximate surface area is 78.8 Å². The quantitative estimate of drug-likeness (QED) is 0.654. The molecule has 1 saturated carbocycles. The van der Waals surface area contributed by atoms with Crippen LogP contribution >= 0.6 is 0 Å². The Kier molecular flexibility index (Phi) is 2.41. The fraction of sp³-hybridized carbons (Fsp3) is 0.900. The largest absolute Gasteiger partial charge is 0.481 e. The second kappa shape index (κ2) is 2.98. The standard InChI is InChI=1S/C10H18O3/c1-9(2)4-7(11)5-10(3,6-9)8(12)13/h7,11H,4-6H2,1-3H3,(H,12,13). The highest BCUT2D eigenvalue weighted by molar-refractivity contribution is 5.74. The van der Waals surface area contributed by atoms with Crippen LogP contribution in [-0.4, -0.2) is 22.3 Å². The summed E-state index contributed by atoms with van der Waals surface area (Å²) in [5.74, 6) is -0.792. The number of rotatable bonds is 1. The molecule has 0 spiro atoms. The molecule has 3 nitrogen and oxygen atoms in total. The summed E-state index contributed by atoms with van der Waals surface area (Å²) < 4.78 is 0. The Morgan fingerprint density at radius 1 is 1.31 bits per heavy atom. The molecule has 76 valence electrons. The van der Waals surface area contributed by atoms with E-state index < -0.39 is 17.5 Å². The molecule has 13 heavy (non-hydrogen) atoms. The molecular formula is C10H18O3. The van der Waals surface area contributed by atoms with Gasteiger partial charge in [-0.05, 0) is 31.6 Å². The second-order valence-electron chi connectivity index (χ2n) is 5.27. The third-order valence-corrected chi connectivity index (χ3v) is 2.86. The van der Waals surface area contributed by atoms with Crippen molar-refractivity contribution in [3.8, 4) is 0 Å². The van der Waals surface area contributed by atoms with Gasteiger partial charge in [0.2, 0.25) is 0 Å². The third-order valence-electron chi connectivity index (χ3n) is 2.86. The average molecular weight is 186 g/mol. The number of hydrogen-bond donors (Lipinski definition) is 2. The monoisotopic (exact) mass is 186 g/mol. The van der Waals surface area contributed by atoms with E-state index in [-0.39, 0.29) is 5.41 Å². The van der Waals surface area contributed by atoms with Gasteiger partial charge in [-0.2, -0.15) is 0 Å². The molecular weight excluding hydrogens is 168 g/mol. The predicted octanol–water partition coefficient (Wildman–Crippen LogP) is 1.65. The van der Waals surface area contributed by atoms with Crippen LogP contribution in [0.4, 0.5) is 0 Å². The van der Waals surface area contributed by atoms with Crippen LogP contribution in [0, 0.1) is 10.8 Å². The summed E-state index contributed by atoms with van der Waals surface area (Å²) in [5.41, 5.74) is -0.814. The topological polar surface area (TPSA) is 57.5 Å². The molecule has 3 heteroatoms. The summed E-state index contributed by atoms with van der Waals surface area (Å²) in [6.07, 6.45) is 1.26. The lowest BCUT2D eigenvalue weighted by Crippen LogP contribution is -2.42. The molecule has 2 atom stereocenters. The van der Waals surface area contributed by atoms with Crippen LogP contribution in [-0.2, 0) is 4.79 Å². The lowest BCUT2D eigenvalue weighted by atomic mass is 9.63. The minimum absolute atomic E-state index is 0.0647. The summed E-state index contributed by atoms with van der Waals surface area (Å²) in [6, 6.07) is 0. The number of carboxylic acids is 1. The number of aliphatic hydroxyl groups is 1. The Bertz CT molecular complexity index is 222. The van der Waals surface area contributed by atoms with Gasteiger partial charge in [0.05, 0.1) is 11.5 Å². The summed E-state index contributed by atoms with van der Waals surface area (Å²) in [7, 11) is 0. The Hall–Kier alpha value is -0.570. The van der Waals surface area contributed by atoms with E-state index in [9.17, 15) is 9.90 Å². The Morgan fingerprint density at radius 2 is 1.85 bits per heavy atom. The van der Waals surface area contributed by atoms with E-state index in [2.05, 4.69) is 0 Å². The molecule has 1 fully saturated rings. The maximum atomic E-state index is 11.0. The lowest BCUT2D eigenvalue weighted by Gasteiger charge is -2.42. The zero-order valence-electron chi connectivity index (χ0n) is 8.50. The smallest absolute Gasteiger partial charge is 0.309 e. The number of aliphatic carboxylic acids is 1. The van der Waals surface area contributed by atoms with Gasteiger partial charge in [-0.1, -0.05) is 13.8 Å². The van der Waals surface area contributed by atoms with Crippen molar-refractivity contribution in [3.63, 3.8) is 0 Å². The molecule has 1 aliphatic rings. The van der Waals surface area contributed by atoms with Crippen molar-refractivity contribution in [2.45, 2.75) is 46.1 Å². The number of hydrogen-bond acceptors (Lipinski definition) is 2. The predicted molar refractivity (Wildman–Crippen MR) is 49.4 cm³/mol. The summed E-state index contributed by atoms with van der Waals surface area (Å²) >= 11 is 0. The highest BCUT2D eigenvalue weighted by Crippen LogP contribution is 2.46. The van der Waals surface area contributed by atoms with Crippen molar-refractivity contribution in [3.05, 3.63) is 0 Å². The van der Waals surface area contributed by atoms with E-state index in [0.29, 0.717) is 19.3 Å². The van der Waals surface area contributed by atoms with E-state index in [0.717, 1.165) is 0 Å². The molecule has 0 aromatic rings. The van der Waals surface area contributed by atoms with Crippen molar-refractivity contribution in [2.75, 3.05) is 0 Å². The maximum Gasteiger partial charge on any atom is 0.309 e. The van der Waals surface area contributed by atoms with Crippen molar-refractivity contribution >= 4 is 5.97 Å². The van der Waals surface area contributed by atoms with Crippen LogP contribution < -0.4 is 0 Å². The molecule has 0 saturated heterocycles. The van der Waals surface area contributed by atoms with Crippen LogP contribution in [0.25, 0.3) is 0 Å². The van der Waals surface area contributed by atoms with E-state index in [1.54, 1.807) is 6.92 Å². The fourth-order valence-corrected chi connectivity index (χ4v) is 2.59. The van der Waals surface area contributed by atoms with Gasteiger partial charge in [-0.25, -0.2) is 0 Å². The van der Waals surface area contributed by atoms with Gasteiger partial charge in [0, 0.05) is 0 Å². The van der Waals surface area contributed by atoms with Crippen LogP contribution in [0.3, 0.4) is 0 Å². The third kappa shape index (κ3) is 2.21. The van der Waals surface area contributed by atoms with E-state index in [1.165, 1.54) is 0 Å². The minimum Gasteiger partial charge on any atom is -0.481 e. The molecule has 1 aliphatic carbocycles. The maximum absolute atomic E-state index is 11.0. The van der Waals surface area contributed by atoms with Crippen LogP contribution in [0.2, 0.25) is 0 Å². The summed E-state index contributed by atoms with van der Waals surface area (Å²) in [4.78, 5) is 11.0. The molecule has 1 rings (SSSR count). The first-order valence-corrected chi connectivity index (χ1v) is 4.67. The average Bonchev–Trinajstić information content (AvgIpc) is 1.79. The molecule has 0 aliphatic heterocycles. The highest BCUT2D eigenvalue weighted by atomic mass is 16.4. The summed E-state index contributed by atoms with van der Waals surface area (Å²) in [6.45, 7) is 5.74. The van der Waals surface area contributed by atoms with Crippen molar-refractivity contribution in [1.29, 1.82) is 0 Å². The van der Waals surface area contributed by atoms with Crippen molar-refractivity contribution < 1.29 is 15.0 Å². The van der Waals surface area contributed by atoms with E-state index >= 15 is 0 Å². The molecule has 0 amide bonds. The van der Waals surface area contributed by atoms with Crippen LogP contribution in [0.15, 0.2) is 0 Å². The SMILES string of the molecule is CC1(C)CC(O)CC(C)(C(=O)O)C1. The van der Waals surface area contributed by atoms with Gasteiger partial charge >= 0.3 is 5.97 Å². The van der Waals surface area contributed by atoms with Gasteiger partial charge in [0.15, 0.2) is 0 Å². The second-order valence-corrected chi connectivity index (χ2v) is 5.27. The zero-order chi connectivity index (χ0) is 10.3. The number of aliphatic hydroxyl groups excluding tert-OH is 1.